The summed E-state index contributed by atoms with van der Waals surface area (Å²) < 4.78 is 6.18. The third-order valence-electron chi connectivity index (χ3n) is 4.40. The van der Waals surface area contributed by atoms with Gasteiger partial charge in [0, 0.05) is 22.3 Å². The van der Waals surface area contributed by atoms with Gasteiger partial charge in [0.15, 0.2) is 0 Å². The number of aromatic nitrogens is 1. The number of rotatable bonds is 6. The first-order valence-electron chi connectivity index (χ1n) is 8.49. The van der Waals surface area contributed by atoms with Crippen LogP contribution in [0.4, 0.5) is 0 Å². The SMILES string of the molecule is CCC(N)CCc1cc(C)nc(Oc2c(C)cc(Cl)cc2C)c1C. The van der Waals surface area contributed by atoms with Gasteiger partial charge in [0.1, 0.15) is 5.75 Å². The van der Waals surface area contributed by atoms with Gasteiger partial charge in [0.2, 0.25) is 5.88 Å². The second-order valence-electron chi connectivity index (χ2n) is 6.53. The van der Waals surface area contributed by atoms with Crippen LogP contribution in [0.15, 0.2) is 18.2 Å². The van der Waals surface area contributed by atoms with Crippen LogP contribution in [0.25, 0.3) is 0 Å². The molecule has 2 rings (SSSR count). The second kappa shape index (κ2) is 8.00. The van der Waals surface area contributed by atoms with Gasteiger partial charge in [0.05, 0.1) is 0 Å². The number of pyridine rings is 1. The molecular formula is C20H27ClN2O. The lowest BCUT2D eigenvalue weighted by molar-refractivity contribution is 0.449. The van der Waals surface area contributed by atoms with Gasteiger partial charge in [-0.1, -0.05) is 18.5 Å². The summed E-state index contributed by atoms with van der Waals surface area (Å²) >= 11 is 6.11. The molecule has 0 bridgehead atoms. The minimum Gasteiger partial charge on any atom is -0.438 e. The van der Waals surface area contributed by atoms with Crippen molar-refractivity contribution in [2.24, 2.45) is 5.73 Å². The Balaban J connectivity index is 2.33. The monoisotopic (exact) mass is 346 g/mol. The van der Waals surface area contributed by atoms with E-state index in [1.807, 2.05) is 32.9 Å². The van der Waals surface area contributed by atoms with E-state index < -0.39 is 0 Å². The highest BCUT2D eigenvalue weighted by atomic mass is 35.5. The van der Waals surface area contributed by atoms with Gasteiger partial charge in [-0.2, -0.15) is 0 Å². The van der Waals surface area contributed by atoms with Crippen LogP contribution in [-0.4, -0.2) is 11.0 Å². The molecule has 0 aliphatic heterocycles. The highest BCUT2D eigenvalue weighted by Gasteiger charge is 2.14. The first-order valence-corrected chi connectivity index (χ1v) is 8.86. The summed E-state index contributed by atoms with van der Waals surface area (Å²) in [7, 11) is 0. The molecule has 24 heavy (non-hydrogen) atoms. The lowest BCUT2D eigenvalue weighted by atomic mass is 10.0. The van der Waals surface area contributed by atoms with Crippen molar-refractivity contribution in [3.63, 3.8) is 0 Å². The number of ether oxygens (including phenoxy) is 1. The molecule has 1 heterocycles. The molecule has 4 heteroatoms. The van der Waals surface area contributed by atoms with Crippen molar-refractivity contribution in [1.82, 2.24) is 4.98 Å². The molecule has 0 radical (unpaired) electrons. The van der Waals surface area contributed by atoms with E-state index in [0.717, 1.165) is 52.4 Å². The number of hydrogen-bond donors (Lipinski definition) is 1. The van der Waals surface area contributed by atoms with Crippen LogP contribution in [-0.2, 0) is 6.42 Å². The lowest BCUT2D eigenvalue weighted by Gasteiger charge is -2.17. The highest BCUT2D eigenvalue weighted by Crippen LogP contribution is 2.33. The highest BCUT2D eigenvalue weighted by molar-refractivity contribution is 6.30. The van der Waals surface area contributed by atoms with Crippen LogP contribution in [0, 0.1) is 27.7 Å². The van der Waals surface area contributed by atoms with Gasteiger partial charge in [-0.15, -0.1) is 0 Å². The Labute approximate surface area is 150 Å². The third kappa shape index (κ3) is 4.49. The average Bonchev–Trinajstić information content (AvgIpc) is 2.51. The summed E-state index contributed by atoms with van der Waals surface area (Å²) in [6, 6.07) is 6.20. The van der Waals surface area contributed by atoms with E-state index in [1.54, 1.807) is 0 Å². The molecule has 0 saturated carbocycles. The summed E-state index contributed by atoms with van der Waals surface area (Å²) in [6.07, 6.45) is 2.91. The number of hydrogen-bond acceptors (Lipinski definition) is 3. The standard InChI is InChI=1S/C20H27ClN2O/c1-6-18(22)8-7-16-11-14(4)23-20(15(16)5)24-19-12(2)9-17(21)10-13(19)3/h9-11,18H,6-8,22H2,1-5H3. The Kier molecular flexibility index (Phi) is 6.25. The van der Waals surface area contributed by atoms with E-state index in [0.29, 0.717) is 5.88 Å². The van der Waals surface area contributed by atoms with E-state index in [4.69, 9.17) is 22.1 Å². The van der Waals surface area contributed by atoms with Crippen LogP contribution < -0.4 is 10.5 Å². The molecule has 0 fully saturated rings. The average molecular weight is 347 g/mol. The van der Waals surface area contributed by atoms with Crippen LogP contribution in [0.2, 0.25) is 5.02 Å². The maximum Gasteiger partial charge on any atom is 0.222 e. The fraction of sp³-hybridized carbons (Fsp3) is 0.450. The molecule has 1 aromatic heterocycles. The van der Waals surface area contributed by atoms with E-state index in [1.165, 1.54) is 5.56 Å². The van der Waals surface area contributed by atoms with E-state index in [2.05, 4.69) is 24.9 Å². The minimum absolute atomic E-state index is 0.239. The summed E-state index contributed by atoms with van der Waals surface area (Å²) in [5, 5.41) is 0.723. The van der Waals surface area contributed by atoms with Crippen molar-refractivity contribution in [2.45, 2.75) is 59.9 Å². The van der Waals surface area contributed by atoms with Gasteiger partial charge in [-0.25, -0.2) is 4.98 Å². The lowest BCUT2D eigenvalue weighted by Crippen LogP contribution is -2.19. The van der Waals surface area contributed by atoms with Crippen molar-refractivity contribution in [1.29, 1.82) is 0 Å². The smallest absolute Gasteiger partial charge is 0.222 e. The summed E-state index contributed by atoms with van der Waals surface area (Å²) in [4.78, 5) is 4.59. The van der Waals surface area contributed by atoms with Gasteiger partial charge in [-0.3, -0.25) is 0 Å². The molecule has 0 amide bonds. The second-order valence-corrected chi connectivity index (χ2v) is 6.97. The molecule has 1 aromatic carbocycles. The van der Waals surface area contributed by atoms with E-state index in [9.17, 15) is 0 Å². The Hall–Kier alpha value is -1.58. The van der Waals surface area contributed by atoms with Gasteiger partial charge in [-0.05, 0) is 81.8 Å². The number of aryl methyl sites for hydroxylation is 4. The first kappa shape index (κ1) is 18.8. The van der Waals surface area contributed by atoms with Crippen molar-refractivity contribution in [3.8, 4) is 11.6 Å². The zero-order valence-corrected chi connectivity index (χ0v) is 16.0. The van der Waals surface area contributed by atoms with E-state index >= 15 is 0 Å². The van der Waals surface area contributed by atoms with E-state index in [-0.39, 0.29) is 6.04 Å². The fourth-order valence-corrected chi connectivity index (χ4v) is 3.16. The van der Waals surface area contributed by atoms with Crippen molar-refractivity contribution in [3.05, 3.63) is 51.2 Å². The summed E-state index contributed by atoms with van der Waals surface area (Å²) in [5.74, 6) is 1.50. The summed E-state index contributed by atoms with van der Waals surface area (Å²) in [5.41, 5.74) is 11.4. The Morgan fingerprint density at radius 1 is 1.12 bits per heavy atom. The van der Waals surface area contributed by atoms with Crippen LogP contribution >= 0.6 is 11.6 Å². The Morgan fingerprint density at radius 2 is 1.75 bits per heavy atom. The topological polar surface area (TPSA) is 48.1 Å². The number of halogens is 1. The zero-order valence-electron chi connectivity index (χ0n) is 15.2. The Bertz CT molecular complexity index is 705. The quantitative estimate of drug-likeness (QED) is 0.758. The summed E-state index contributed by atoms with van der Waals surface area (Å²) in [6.45, 7) is 10.2. The van der Waals surface area contributed by atoms with Crippen molar-refractivity contribution in [2.75, 3.05) is 0 Å². The molecule has 0 saturated heterocycles. The van der Waals surface area contributed by atoms with Gasteiger partial charge < -0.3 is 10.5 Å². The zero-order chi connectivity index (χ0) is 17.9. The molecule has 2 N–H and O–H groups in total. The van der Waals surface area contributed by atoms with Crippen molar-refractivity contribution >= 4 is 11.6 Å². The minimum atomic E-state index is 0.239. The molecule has 0 aliphatic carbocycles. The van der Waals surface area contributed by atoms with Gasteiger partial charge >= 0.3 is 0 Å². The van der Waals surface area contributed by atoms with Gasteiger partial charge in [0.25, 0.3) is 0 Å². The van der Waals surface area contributed by atoms with Crippen LogP contribution in [0.1, 0.15) is 47.7 Å². The maximum atomic E-state index is 6.18. The molecular weight excluding hydrogens is 320 g/mol. The number of benzene rings is 1. The molecule has 1 unspecified atom stereocenters. The maximum absolute atomic E-state index is 6.18. The number of nitrogens with zero attached hydrogens (tertiary/aromatic N) is 1. The predicted molar refractivity (Wildman–Crippen MR) is 101 cm³/mol. The fourth-order valence-electron chi connectivity index (χ4n) is 2.83. The Morgan fingerprint density at radius 3 is 2.33 bits per heavy atom. The van der Waals surface area contributed by atoms with Crippen LogP contribution in [0.3, 0.4) is 0 Å². The van der Waals surface area contributed by atoms with Crippen LogP contribution in [0.5, 0.6) is 11.6 Å². The molecule has 0 spiro atoms. The third-order valence-corrected chi connectivity index (χ3v) is 4.61. The largest absolute Gasteiger partial charge is 0.438 e. The molecule has 130 valence electrons. The first-order chi connectivity index (χ1) is 11.3. The molecule has 3 nitrogen and oxygen atoms in total. The number of nitrogens with two attached hydrogens (primary N) is 1. The normalized spacial score (nSPS) is 12.3. The predicted octanol–water partition coefficient (Wildman–Crippen LogP) is 5.43. The molecule has 2 aromatic rings. The molecule has 1 atom stereocenters. The molecule has 0 aliphatic rings. The van der Waals surface area contributed by atoms with Crippen molar-refractivity contribution < 1.29 is 4.74 Å².